The van der Waals surface area contributed by atoms with Gasteiger partial charge in [-0.25, -0.2) is 9.78 Å². The van der Waals surface area contributed by atoms with Gasteiger partial charge in [0.2, 0.25) is 5.69 Å². The molecule has 6 heteroatoms. The van der Waals surface area contributed by atoms with Crippen molar-refractivity contribution in [3.05, 3.63) is 40.3 Å². The van der Waals surface area contributed by atoms with Gasteiger partial charge in [-0.15, -0.1) is 0 Å². The second-order valence-corrected chi connectivity index (χ2v) is 7.86. The lowest BCUT2D eigenvalue weighted by molar-refractivity contribution is 0.0578. The van der Waals surface area contributed by atoms with Crippen molar-refractivity contribution in [1.82, 2.24) is 14.5 Å². The number of aromatic carboxylic acids is 1. The second-order valence-electron chi connectivity index (χ2n) is 7.86. The minimum absolute atomic E-state index is 0.0339. The van der Waals surface area contributed by atoms with Gasteiger partial charge in [-0.3, -0.25) is 9.69 Å². The van der Waals surface area contributed by atoms with E-state index >= 15 is 0 Å². The number of carboxylic acid groups (broad SMARTS) is 1. The highest BCUT2D eigenvalue weighted by atomic mass is 16.4. The maximum Gasteiger partial charge on any atom is 0.360 e. The van der Waals surface area contributed by atoms with Crippen LogP contribution in [-0.2, 0) is 0 Å². The molecule has 3 heterocycles. The van der Waals surface area contributed by atoms with Crippen molar-refractivity contribution in [2.24, 2.45) is 0 Å². The third-order valence-corrected chi connectivity index (χ3v) is 6.49. The first-order valence-corrected chi connectivity index (χ1v) is 10.1. The van der Waals surface area contributed by atoms with Gasteiger partial charge >= 0.3 is 5.97 Å². The number of piperidine rings is 1. The van der Waals surface area contributed by atoms with Crippen LogP contribution in [0.5, 0.6) is 0 Å². The molecule has 2 saturated heterocycles. The van der Waals surface area contributed by atoms with Gasteiger partial charge in [0.15, 0.2) is 0 Å². The van der Waals surface area contributed by atoms with Crippen molar-refractivity contribution in [1.29, 1.82) is 0 Å². The number of carbonyl (C=O) groups is 1. The van der Waals surface area contributed by atoms with Gasteiger partial charge in [0.25, 0.3) is 5.56 Å². The lowest BCUT2D eigenvalue weighted by Crippen LogP contribution is -2.50. The molecule has 144 valence electrons. The predicted octanol–water partition coefficient (Wildman–Crippen LogP) is 3.45. The van der Waals surface area contributed by atoms with Crippen molar-refractivity contribution in [3.63, 3.8) is 0 Å². The lowest BCUT2D eigenvalue weighted by Gasteiger charge is -2.44. The molecule has 2 aliphatic heterocycles. The van der Waals surface area contributed by atoms with Gasteiger partial charge in [-0.2, -0.15) is 0 Å². The van der Waals surface area contributed by atoms with Crippen molar-refractivity contribution >= 4 is 17.0 Å². The Balaban J connectivity index is 1.77. The van der Waals surface area contributed by atoms with E-state index in [0.717, 1.165) is 31.2 Å². The first-order valence-electron chi connectivity index (χ1n) is 10.1. The van der Waals surface area contributed by atoms with Crippen LogP contribution in [0.4, 0.5) is 0 Å². The largest absolute Gasteiger partial charge is 0.476 e. The standard InChI is InChI=1S/C21H27N3O3/c1-3-13(4-2)23-14-9-10-15(23)12-16(11-14)24-18-8-6-5-7-17(18)22-19(20(24)25)21(26)27/h5-8,13-16H,3-4,9-12H2,1-2H3,(H,26,27). The van der Waals surface area contributed by atoms with E-state index in [2.05, 4.69) is 23.7 Å². The number of para-hydroxylation sites is 2. The Labute approximate surface area is 158 Å². The SMILES string of the molecule is CCC(CC)N1C2CCC1CC(n1c(=O)c(C(=O)O)nc3ccccc31)C2. The molecule has 4 rings (SSSR count). The zero-order chi connectivity index (χ0) is 19.1. The number of aromatic nitrogens is 2. The Morgan fingerprint density at radius 3 is 2.37 bits per heavy atom. The van der Waals surface area contributed by atoms with Crippen LogP contribution in [0, 0.1) is 0 Å². The van der Waals surface area contributed by atoms with Gasteiger partial charge in [0.1, 0.15) is 0 Å². The Morgan fingerprint density at radius 2 is 1.78 bits per heavy atom. The van der Waals surface area contributed by atoms with Crippen LogP contribution >= 0.6 is 0 Å². The molecule has 0 amide bonds. The average molecular weight is 369 g/mol. The molecule has 0 aliphatic carbocycles. The van der Waals surface area contributed by atoms with Crippen LogP contribution in [0.1, 0.15) is 68.9 Å². The molecular formula is C21H27N3O3. The fourth-order valence-electron chi connectivity index (χ4n) is 5.36. The Hall–Kier alpha value is -2.21. The summed E-state index contributed by atoms with van der Waals surface area (Å²) in [6, 6.07) is 8.96. The van der Waals surface area contributed by atoms with Crippen LogP contribution < -0.4 is 5.56 Å². The smallest absolute Gasteiger partial charge is 0.360 e. The van der Waals surface area contributed by atoms with E-state index in [1.54, 1.807) is 10.6 Å². The van der Waals surface area contributed by atoms with Crippen molar-refractivity contribution < 1.29 is 9.90 Å². The van der Waals surface area contributed by atoms with Gasteiger partial charge in [0.05, 0.1) is 11.0 Å². The van der Waals surface area contributed by atoms with E-state index in [-0.39, 0.29) is 11.7 Å². The summed E-state index contributed by atoms with van der Waals surface area (Å²) >= 11 is 0. The minimum Gasteiger partial charge on any atom is -0.476 e. The Morgan fingerprint density at radius 1 is 1.15 bits per heavy atom. The van der Waals surface area contributed by atoms with Crippen LogP contribution in [-0.4, -0.2) is 43.7 Å². The molecule has 2 unspecified atom stereocenters. The van der Waals surface area contributed by atoms with Gasteiger partial charge in [-0.1, -0.05) is 26.0 Å². The fraction of sp³-hybridized carbons (Fsp3) is 0.571. The van der Waals surface area contributed by atoms with Crippen LogP contribution in [0.2, 0.25) is 0 Å². The first-order chi connectivity index (χ1) is 13.0. The molecule has 2 atom stereocenters. The molecule has 1 N–H and O–H groups in total. The van der Waals surface area contributed by atoms with E-state index in [0.29, 0.717) is 23.6 Å². The van der Waals surface area contributed by atoms with E-state index < -0.39 is 11.5 Å². The minimum atomic E-state index is -1.25. The summed E-state index contributed by atoms with van der Waals surface area (Å²) in [6.45, 7) is 4.50. The molecule has 2 aromatic rings. The number of carboxylic acids is 1. The lowest BCUT2D eigenvalue weighted by atomic mass is 9.93. The second kappa shape index (κ2) is 7.08. The zero-order valence-corrected chi connectivity index (χ0v) is 16.0. The molecule has 1 aromatic carbocycles. The topological polar surface area (TPSA) is 75.4 Å². The highest BCUT2D eigenvalue weighted by Gasteiger charge is 2.44. The number of benzene rings is 1. The predicted molar refractivity (Wildman–Crippen MR) is 104 cm³/mol. The Bertz CT molecular complexity index is 905. The maximum absolute atomic E-state index is 13.0. The highest BCUT2D eigenvalue weighted by Crippen LogP contribution is 2.43. The van der Waals surface area contributed by atoms with Crippen LogP contribution in [0.25, 0.3) is 11.0 Å². The van der Waals surface area contributed by atoms with E-state index in [9.17, 15) is 14.7 Å². The summed E-state index contributed by atoms with van der Waals surface area (Å²) in [5, 5.41) is 9.46. The highest BCUT2D eigenvalue weighted by molar-refractivity contribution is 5.88. The first kappa shape index (κ1) is 18.2. The third kappa shape index (κ3) is 2.96. The number of rotatable bonds is 5. The summed E-state index contributed by atoms with van der Waals surface area (Å²) in [5.74, 6) is -1.25. The molecule has 0 spiro atoms. The molecule has 0 saturated carbocycles. The summed E-state index contributed by atoms with van der Waals surface area (Å²) in [4.78, 5) is 31.4. The number of fused-ring (bicyclic) bond motifs is 3. The van der Waals surface area contributed by atoms with Gasteiger partial charge in [0, 0.05) is 24.2 Å². The van der Waals surface area contributed by atoms with E-state index in [1.165, 1.54) is 12.8 Å². The molecule has 2 fully saturated rings. The molecule has 6 nitrogen and oxygen atoms in total. The average Bonchev–Trinajstić information content (AvgIpc) is 2.92. The van der Waals surface area contributed by atoms with Crippen LogP contribution in [0.3, 0.4) is 0 Å². The fourth-order valence-corrected chi connectivity index (χ4v) is 5.36. The molecule has 27 heavy (non-hydrogen) atoms. The van der Waals surface area contributed by atoms with Gasteiger partial charge < -0.3 is 9.67 Å². The number of nitrogens with zero attached hydrogens (tertiary/aromatic N) is 3. The normalized spacial score (nSPS) is 25.4. The molecule has 1 aromatic heterocycles. The van der Waals surface area contributed by atoms with Crippen molar-refractivity contribution in [2.45, 2.75) is 76.5 Å². The summed E-state index contributed by atoms with van der Waals surface area (Å²) < 4.78 is 1.72. The van der Waals surface area contributed by atoms with Crippen LogP contribution in [0.15, 0.2) is 29.1 Å². The number of hydrogen-bond acceptors (Lipinski definition) is 4. The summed E-state index contributed by atoms with van der Waals surface area (Å²) in [6.07, 6.45) is 6.44. The quantitative estimate of drug-likeness (QED) is 0.874. The van der Waals surface area contributed by atoms with E-state index in [1.807, 2.05) is 18.2 Å². The molecule has 2 aliphatic rings. The van der Waals surface area contributed by atoms with E-state index in [4.69, 9.17) is 0 Å². The van der Waals surface area contributed by atoms with Crippen molar-refractivity contribution in [3.8, 4) is 0 Å². The molecule has 2 bridgehead atoms. The Kier molecular flexibility index (Phi) is 4.76. The molecule has 0 radical (unpaired) electrons. The summed E-state index contributed by atoms with van der Waals surface area (Å²) in [5.41, 5.74) is 0.474. The summed E-state index contributed by atoms with van der Waals surface area (Å²) in [7, 11) is 0. The zero-order valence-electron chi connectivity index (χ0n) is 16.0. The third-order valence-electron chi connectivity index (χ3n) is 6.49. The van der Waals surface area contributed by atoms with Gasteiger partial charge in [-0.05, 0) is 50.7 Å². The number of hydrogen-bond donors (Lipinski definition) is 1. The molecular weight excluding hydrogens is 342 g/mol. The maximum atomic E-state index is 13.0. The van der Waals surface area contributed by atoms with Crippen molar-refractivity contribution in [2.75, 3.05) is 0 Å². The monoisotopic (exact) mass is 369 g/mol.